The minimum Gasteiger partial charge on any atom is -1.00 e. The van der Waals surface area contributed by atoms with Crippen molar-refractivity contribution in [1.29, 1.82) is 0 Å². The molecule has 2 rings (SSSR count). The molecule has 0 saturated carbocycles. The maximum Gasteiger partial charge on any atom is 0.601 e. The molecule has 0 radical (unpaired) electrons. The zero-order valence-electron chi connectivity index (χ0n) is 8.18. The van der Waals surface area contributed by atoms with Crippen LogP contribution in [0.2, 0.25) is 0 Å². The average molecular weight is 224 g/mol. The quantitative estimate of drug-likeness (QED) is 0.523. The second-order valence-electron chi connectivity index (χ2n) is 2.95. The molecule has 15 heavy (non-hydrogen) atoms. The summed E-state index contributed by atoms with van der Waals surface area (Å²) in [6.07, 6.45) is 3.06. The number of halogens is 1. The van der Waals surface area contributed by atoms with Gasteiger partial charge < -0.3 is 17.1 Å². The van der Waals surface area contributed by atoms with Gasteiger partial charge in [-0.1, -0.05) is 22.8 Å². The maximum absolute atomic E-state index is 11.2. The van der Waals surface area contributed by atoms with E-state index in [0.29, 0.717) is 0 Å². The molecular formula is C11H10ClNO2. The molecule has 0 aliphatic rings. The molecule has 1 heterocycles. The van der Waals surface area contributed by atoms with E-state index in [0.717, 1.165) is 10.8 Å². The molecule has 0 amide bonds. The van der Waals surface area contributed by atoms with E-state index in [9.17, 15) is 4.79 Å². The molecule has 0 saturated heterocycles. The number of hydrogen-bond donors (Lipinski definition) is 0. The molecule has 1 aromatic carbocycles. The number of methoxy groups -OCH3 is 1. The fourth-order valence-corrected chi connectivity index (χ4v) is 1.35. The molecule has 0 aliphatic carbocycles. The smallest absolute Gasteiger partial charge is 0.601 e. The zero-order valence-corrected chi connectivity index (χ0v) is 8.94. The van der Waals surface area contributed by atoms with Crippen LogP contribution in [0, 0.1) is 0 Å². The molecule has 2 aromatic rings. The lowest BCUT2D eigenvalue weighted by molar-refractivity contribution is -0.583. The lowest BCUT2D eigenvalue weighted by Gasteiger charge is -1.95. The maximum atomic E-state index is 11.2. The van der Waals surface area contributed by atoms with Crippen LogP contribution in [-0.4, -0.2) is 13.2 Å². The van der Waals surface area contributed by atoms with E-state index < -0.39 is 0 Å². The third kappa shape index (κ3) is 2.25. The third-order valence-electron chi connectivity index (χ3n) is 2.07. The number of nitrogens with zero attached hydrogens (tertiary/aromatic N) is 1. The molecule has 0 spiro atoms. The minimum absolute atomic E-state index is 0. The molecule has 78 valence electrons. The van der Waals surface area contributed by atoms with E-state index in [1.165, 1.54) is 11.7 Å². The Morgan fingerprint density at radius 2 is 1.87 bits per heavy atom. The lowest BCUT2D eigenvalue weighted by Crippen LogP contribution is -3.00. The first-order chi connectivity index (χ1) is 6.81. The molecule has 3 nitrogen and oxygen atoms in total. The highest BCUT2D eigenvalue weighted by Crippen LogP contribution is 2.09. The highest BCUT2D eigenvalue weighted by atomic mass is 35.5. The Bertz CT molecular complexity index is 485. The lowest BCUT2D eigenvalue weighted by atomic mass is 10.2. The Morgan fingerprint density at radius 3 is 2.53 bits per heavy atom. The SMILES string of the molecule is COC(=O)[n+]1ccc2ccccc2c1.[Cl-]. The van der Waals surface area contributed by atoms with Gasteiger partial charge in [-0.3, -0.25) is 0 Å². The zero-order chi connectivity index (χ0) is 9.97. The number of benzene rings is 1. The average Bonchev–Trinajstić information content (AvgIpc) is 2.27. The molecule has 0 atom stereocenters. The second kappa shape index (κ2) is 4.75. The monoisotopic (exact) mass is 223 g/mol. The van der Waals surface area contributed by atoms with Crippen LogP contribution in [0.25, 0.3) is 10.8 Å². The van der Waals surface area contributed by atoms with Crippen LogP contribution in [0.5, 0.6) is 0 Å². The Morgan fingerprint density at radius 1 is 1.20 bits per heavy atom. The van der Waals surface area contributed by atoms with Gasteiger partial charge in [0.1, 0.15) is 0 Å². The van der Waals surface area contributed by atoms with Crippen molar-refractivity contribution < 1.29 is 26.5 Å². The van der Waals surface area contributed by atoms with Gasteiger partial charge in [0, 0.05) is 11.5 Å². The number of carbonyl (C=O) groups is 1. The second-order valence-corrected chi connectivity index (χ2v) is 2.95. The summed E-state index contributed by atoms with van der Waals surface area (Å²) in [5.74, 6) is 0. The number of rotatable bonds is 0. The summed E-state index contributed by atoms with van der Waals surface area (Å²) in [6.45, 7) is 0. The van der Waals surface area contributed by atoms with Crippen molar-refractivity contribution in [3.63, 3.8) is 0 Å². The van der Waals surface area contributed by atoms with Crippen molar-refractivity contribution in [2.24, 2.45) is 0 Å². The topological polar surface area (TPSA) is 30.2 Å². The molecule has 0 fully saturated rings. The van der Waals surface area contributed by atoms with E-state index in [4.69, 9.17) is 0 Å². The summed E-state index contributed by atoms with van der Waals surface area (Å²) >= 11 is 0. The van der Waals surface area contributed by atoms with Crippen molar-refractivity contribution in [3.05, 3.63) is 42.7 Å². The first kappa shape index (κ1) is 11.5. The molecular weight excluding hydrogens is 214 g/mol. The van der Waals surface area contributed by atoms with Gasteiger partial charge in [0.15, 0.2) is 12.4 Å². The van der Waals surface area contributed by atoms with Crippen molar-refractivity contribution >= 4 is 16.9 Å². The van der Waals surface area contributed by atoms with Crippen molar-refractivity contribution in [2.45, 2.75) is 0 Å². The predicted octanol–water partition coefficient (Wildman–Crippen LogP) is -1.25. The Kier molecular flexibility index (Phi) is 3.63. The van der Waals surface area contributed by atoms with Crippen LogP contribution in [0.4, 0.5) is 4.79 Å². The van der Waals surface area contributed by atoms with Crippen LogP contribution in [-0.2, 0) is 4.74 Å². The van der Waals surface area contributed by atoms with Gasteiger partial charge in [0.2, 0.25) is 0 Å². The molecule has 0 N–H and O–H groups in total. The van der Waals surface area contributed by atoms with Crippen molar-refractivity contribution in [2.75, 3.05) is 7.11 Å². The fourth-order valence-electron chi connectivity index (χ4n) is 1.35. The summed E-state index contributed by atoms with van der Waals surface area (Å²) in [4.78, 5) is 11.2. The van der Waals surface area contributed by atoms with Crippen LogP contribution in [0.15, 0.2) is 42.7 Å². The fraction of sp³-hybridized carbons (Fsp3) is 0.0909. The molecule has 4 heteroatoms. The van der Waals surface area contributed by atoms with E-state index >= 15 is 0 Å². The predicted molar refractivity (Wildman–Crippen MR) is 51.9 cm³/mol. The van der Waals surface area contributed by atoms with Crippen LogP contribution >= 0.6 is 0 Å². The van der Waals surface area contributed by atoms with E-state index in [1.54, 1.807) is 12.4 Å². The van der Waals surface area contributed by atoms with Gasteiger partial charge >= 0.3 is 6.09 Å². The largest absolute Gasteiger partial charge is 1.00 e. The Labute approximate surface area is 93.7 Å². The first-order valence-electron chi connectivity index (χ1n) is 4.29. The Balaban J connectivity index is 0.00000112. The number of aromatic nitrogens is 1. The van der Waals surface area contributed by atoms with Gasteiger partial charge in [0.05, 0.1) is 7.11 Å². The highest BCUT2D eigenvalue weighted by Gasteiger charge is 2.13. The van der Waals surface area contributed by atoms with Gasteiger partial charge in [0.25, 0.3) is 0 Å². The summed E-state index contributed by atoms with van der Waals surface area (Å²) in [6, 6.07) is 9.73. The van der Waals surface area contributed by atoms with Gasteiger partial charge in [-0.2, -0.15) is 4.79 Å². The highest BCUT2D eigenvalue weighted by molar-refractivity contribution is 5.81. The minimum atomic E-state index is -0.379. The number of hydrogen-bond acceptors (Lipinski definition) is 2. The van der Waals surface area contributed by atoms with E-state index in [1.807, 2.05) is 30.3 Å². The number of ether oxygens (including phenoxy) is 1. The van der Waals surface area contributed by atoms with Gasteiger partial charge in [-0.15, -0.1) is 0 Å². The van der Waals surface area contributed by atoms with Gasteiger partial charge in [-0.25, -0.2) is 0 Å². The summed E-state index contributed by atoms with van der Waals surface area (Å²) in [7, 11) is 1.37. The third-order valence-corrected chi connectivity index (χ3v) is 2.07. The number of pyridine rings is 1. The Hall–Kier alpha value is -1.61. The summed E-state index contributed by atoms with van der Waals surface area (Å²) < 4.78 is 6.03. The van der Waals surface area contributed by atoms with Crippen LogP contribution < -0.4 is 17.0 Å². The first-order valence-corrected chi connectivity index (χ1v) is 4.29. The number of fused-ring (bicyclic) bond motifs is 1. The van der Waals surface area contributed by atoms with Crippen LogP contribution in [0.1, 0.15) is 0 Å². The molecule has 0 aliphatic heterocycles. The van der Waals surface area contributed by atoms with Crippen LogP contribution in [0.3, 0.4) is 0 Å². The molecule has 1 aromatic heterocycles. The standard InChI is InChI=1S/C11H10NO2.ClH/c1-14-11(13)12-7-6-9-4-2-3-5-10(9)8-12;/h2-8H,1H3;1H/q+1;/p-1. The molecule has 0 bridgehead atoms. The van der Waals surface area contributed by atoms with Crippen molar-refractivity contribution in [3.8, 4) is 0 Å². The summed E-state index contributed by atoms with van der Waals surface area (Å²) in [5, 5.41) is 2.12. The molecule has 0 unspecified atom stereocenters. The van der Waals surface area contributed by atoms with E-state index in [-0.39, 0.29) is 18.5 Å². The van der Waals surface area contributed by atoms with Crippen molar-refractivity contribution in [1.82, 2.24) is 0 Å². The normalized spacial score (nSPS) is 9.40. The number of carbonyl (C=O) groups excluding carboxylic acids is 1. The summed E-state index contributed by atoms with van der Waals surface area (Å²) in [5.41, 5.74) is 0. The van der Waals surface area contributed by atoms with E-state index in [2.05, 4.69) is 4.74 Å². The van der Waals surface area contributed by atoms with Gasteiger partial charge in [-0.05, 0) is 11.5 Å².